The van der Waals surface area contributed by atoms with Gasteiger partial charge >= 0.3 is 17.9 Å². The first-order valence-electron chi connectivity index (χ1n) is 8.72. The zero-order valence-corrected chi connectivity index (χ0v) is 19.6. The maximum atomic E-state index is 11.8. The van der Waals surface area contributed by atoms with Gasteiger partial charge in [-0.2, -0.15) is 4.90 Å². The van der Waals surface area contributed by atoms with Crippen molar-refractivity contribution in [2.24, 2.45) is 0 Å². The third-order valence-corrected chi connectivity index (χ3v) is 3.48. The molecule has 0 fully saturated rings. The number of Topliss-reactive ketones (excluding diaryl/α,β-unsaturated/α-hetero) is 2. The van der Waals surface area contributed by atoms with Crippen LogP contribution in [-0.2, 0) is 23.9 Å². The minimum atomic E-state index is -1.36. The Hall–Kier alpha value is -2.05. The number of ether oxygens (including phenoxy) is 1. The molecule has 0 unspecified atom stereocenters. The van der Waals surface area contributed by atoms with E-state index in [0.29, 0.717) is 12.8 Å². The predicted molar refractivity (Wildman–Crippen MR) is 115 cm³/mol. The van der Waals surface area contributed by atoms with Crippen LogP contribution in [0.4, 0.5) is 4.79 Å². The van der Waals surface area contributed by atoms with Crippen molar-refractivity contribution in [2.75, 3.05) is 30.5 Å². The summed E-state index contributed by atoms with van der Waals surface area (Å²) in [5.74, 6) is 5.70. The van der Waals surface area contributed by atoms with E-state index in [1.54, 1.807) is 0 Å². The Balaban J connectivity index is 0. The van der Waals surface area contributed by atoms with Crippen molar-refractivity contribution in [3.8, 4) is 23.7 Å². The van der Waals surface area contributed by atoms with E-state index in [2.05, 4.69) is 60.3 Å². The SMILES string of the molecule is CCOC(=O)N(C(=O)C(=O)CCBr)C(=O)C(=O)CCBr.OCCC#CC#CCCO. The molecule has 0 aromatic carbocycles. The van der Waals surface area contributed by atoms with Gasteiger partial charge < -0.3 is 14.9 Å². The lowest BCUT2D eigenvalue weighted by Crippen LogP contribution is -2.48. The number of alkyl halides is 2. The second-order valence-corrected chi connectivity index (χ2v) is 6.51. The minimum Gasteiger partial charge on any atom is -0.449 e. The summed E-state index contributed by atoms with van der Waals surface area (Å²) in [6.45, 7) is 1.52. The Kier molecular flexibility index (Phi) is 20.3. The van der Waals surface area contributed by atoms with Gasteiger partial charge in [-0.15, -0.1) is 0 Å². The number of carbonyl (C=O) groups is 5. The molecule has 0 saturated heterocycles. The fraction of sp³-hybridized carbons (Fsp3) is 0.526. The number of imide groups is 3. The number of hydrogen-bond donors (Lipinski definition) is 2. The van der Waals surface area contributed by atoms with E-state index in [1.165, 1.54) is 6.92 Å². The highest BCUT2D eigenvalue weighted by atomic mass is 79.9. The summed E-state index contributed by atoms with van der Waals surface area (Å²) >= 11 is 5.92. The van der Waals surface area contributed by atoms with Gasteiger partial charge in [0, 0.05) is 36.3 Å². The number of aliphatic hydroxyl groups excluding tert-OH is 2. The third-order valence-electron chi connectivity index (χ3n) is 2.69. The molecule has 0 rings (SSSR count). The first kappa shape index (κ1) is 30.1. The molecule has 0 heterocycles. The normalized spacial score (nSPS) is 8.83. The molecule has 0 aliphatic rings. The zero-order chi connectivity index (χ0) is 23.4. The lowest BCUT2D eigenvalue weighted by molar-refractivity contribution is -0.153. The molecule has 0 bridgehead atoms. The third kappa shape index (κ3) is 14.0. The Bertz CT molecular complexity index is 664. The van der Waals surface area contributed by atoms with Crippen LogP contribution in [0.1, 0.15) is 32.6 Å². The topological polar surface area (TPSA) is 138 Å². The molecule has 0 saturated carbocycles. The van der Waals surface area contributed by atoms with Crippen molar-refractivity contribution in [3.05, 3.63) is 0 Å². The molecular weight excluding hydrogens is 530 g/mol. The van der Waals surface area contributed by atoms with Crippen LogP contribution in [-0.4, -0.2) is 75.1 Å². The Morgan fingerprint density at radius 2 is 1.23 bits per heavy atom. The zero-order valence-electron chi connectivity index (χ0n) is 16.4. The molecule has 0 aliphatic heterocycles. The van der Waals surface area contributed by atoms with E-state index >= 15 is 0 Å². The van der Waals surface area contributed by atoms with E-state index < -0.39 is 29.5 Å². The van der Waals surface area contributed by atoms with Crippen LogP contribution < -0.4 is 0 Å². The van der Waals surface area contributed by atoms with Gasteiger partial charge in [0.1, 0.15) is 0 Å². The average Bonchev–Trinajstić information content (AvgIpc) is 2.71. The summed E-state index contributed by atoms with van der Waals surface area (Å²) in [7, 11) is 0. The molecule has 30 heavy (non-hydrogen) atoms. The van der Waals surface area contributed by atoms with Crippen molar-refractivity contribution in [2.45, 2.75) is 32.6 Å². The van der Waals surface area contributed by atoms with Crippen molar-refractivity contribution < 1.29 is 38.9 Å². The molecule has 0 radical (unpaired) electrons. The summed E-state index contributed by atoms with van der Waals surface area (Å²) < 4.78 is 4.52. The van der Waals surface area contributed by atoms with Gasteiger partial charge in [-0.1, -0.05) is 43.7 Å². The second-order valence-electron chi connectivity index (χ2n) is 4.92. The van der Waals surface area contributed by atoms with Crippen LogP contribution in [0.25, 0.3) is 0 Å². The maximum absolute atomic E-state index is 11.8. The number of hydrogen-bond acceptors (Lipinski definition) is 8. The molecule has 2 N–H and O–H groups in total. The van der Waals surface area contributed by atoms with E-state index in [4.69, 9.17) is 10.2 Å². The number of halogens is 2. The van der Waals surface area contributed by atoms with Crippen molar-refractivity contribution in [1.29, 1.82) is 0 Å². The molecule has 9 nitrogen and oxygen atoms in total. The lowest BCUT2D eigenvalue weighted by atomic mass is 10.2. The molecule has 0 atom stereocenters. The lowest BCUT2D eigenvalue weighted by Gasteiger charge is -2.16. The highest BCUT2D eigenvalue weighted by Crippen LogP contribution is 2.04. The van der Waals surface area contributed by atoms with E-state index in [-0.39, 0.29) is 48.2 Å². The van der Waals surface area contributed by atoms with Crippen molar-refractivity contribution in [1.82, 2.24) is 4.90 Å². The summed E-state index contributed by atoms with van der Waals surface area (Å²) in [4.78, 5) is 58.0. The maximum Gasteiger partial charge on any atom is 0.424 e. The largest absolute Gasteiger partial charge is 0.449 e. The summed E-state index contributed by atoms with van der Waals surface area (Å²) in [6, 6.07) is 0. The van der Waals surface area contributed by atoms with Gasteiger partial charge in [-0.3, -0.25) is 19.2 Å². The van der Waals surface area contributed by atoms with Crippen LogP contribution >= 0.6 is 31.9 Å². The standard InChI is InChI=1S/C11H13Br2NO6.C8H10O2/c1-2-20-11(19)14(9(17)7(15)3-5-12)10(18)8(16)4-6-13;9-7-5-3-1-2-4-6-8-10/h2-6H2,1H3;9-10H,5-8H2. The highest BCUT2D eigenvalue weighted by molar-refractivity contribution is 9.09. The van der Waals surface area contributed by atoms with Crippen molar-refractivity contribution in [3.63, 3.8) is 0 Å². The molecular formula is C19H23Br2NO8. The van der Waals surface area contributed by atoms with Gasteiger partial charge in [0.2, 0.25) is 11.6 Å². The molecule has 0 aliphatic carbocycles. The van der Waals surface area contributed by atoms with Gasteiger partial charge in [0.15, 0.2) is 0 Å². The Morgan fingerprint density at radius 3 is 1.53 bits per heavy atom. The fourth-order valence-corrected chi connectivity index (χ4v) is 2.13. The van der Waals surface area contributed by atoms with E-state index in [0.717, 1.165) is 0 Å². The van der Waals surface area contributed by atoms with Crippen LogP contribution in [0.3, 0.4) is 0 Å². The number of ketones is 2. The fourth-order valence-electron chi connectivity index (χ4n) is 1.41. The first-order valence-corrected chi connectivity index (χ1v) is 11.0. The van der Waals surface area contributed by atoms with Gasteiger partial charge in [-0.25, -0.2) is 4.79 Å². The van der Waals surface area contributed by atoms with Gasteiger partial charge in [0.05, 0.1) is 19.8 Å². The molecule has 11 heteroatoms. The number of rotatable bonds is 9. The molecule has 0 aromatic rings. The number of nitrogens with zero attached hydrogens (tertiary/aromatic N) is 1. The average molecular weight is 553 g/mol. The van der Waals surface area contributed by atoms with E-state index in [1.807, 2.05) is 0 Å². The molecule has 0 aromatic heterocycles. The monoisotopic (exact) mass is 551 g/mol. The Labute approximate surface area is 191 Å². The summed E-state index contributed by atoms with van der Waals surface area (Å²) in [5.41, 5.74) is 0. The summed E-state index contributed by atoms with van der Waals surface area (Å²) in [5, 5.41) is 16.9. The molecule has 3 amide bonds. The number of aliphatic hydroxyl groups is 2. The number of amides is 3. The smallest absolute Gasteiger partial charge is 0.424 e. The molecule has 166 valence electrons. The number of carbonyl (C=O) groups excluding carboxylic acids is 5. The van der Waals surface area contributed by atoms with Gasteiger partial charge in [-0.05, 0) is 18.8 Å². The second kappa shape index (κ2) is 20.2. The Morgan fingerprint density at radius 1 is 0.833 bits per heavy atom. The van der Waals surface area contributed by atoms with Crippen LogP contribution in [0.2, 0.25) is 0 Å². The molecule has 0 spiro atoms. The quantitative estimate of drug-likeness (QED) is 0.245. The predicted octanol–water partition coefficient (Wildman–Crippen LogP) is 0.964. The first-order chi connectivity index (χ1) is 14.3. The minimum absolute atomic E-state index is 0.0422. The van der Waals surface area contributed by atoms with E-state index in [9.17, 15) is 24.0 Å². The van der Waals surface area contributed by atoms with Crippen LogP contribution in [0.15, 0.2) is 0 Å². The highest BCUT2D eigenvalue weighted by Gasteiger charge is 2.36. The van der Waals surface area contributed by atoms with Crippen molar-refractivity contribution >= 4 is 61.3 Å². The summed E-state index contributed by atoms with van der Waals surface area (Å²) in [6.07, 6.45) is -0.793. The van der Waals surface area contributed by atoms with Crippen LogP contribution in [0.5, 0.6) is 0 Å². The van der Waals surface area contributed by atoms with Gasteiger partial charge in [0.25, 0.3) is 0 Å². The van der Waals surface area contributed by atoms with Crippen LogP contribution in [0, 0.1) is 23.7 Å².